The number of pyridine rings is 1. The highest BCUT2D eigenvalue weighted by molar-refractivity contribution is 5.94. The van der Waals surface area contributed by atoms with E-state index in [1.807, 2.05) is 12.1 Å². The fourth-order valence-corrected chi connectivity index (χ4v) is 4.45. The summed E-state index contributed by atoms with van der Waals surface area (Å²) in [4.78, 5) is 28.1. The maximum Gasteiger partial charge on any atom is 0.333 e. The van der Waals surface area contributed by atoms with Crippen LogP contribution in [-0.2, 0) is 4.79 Å². The maximum atomic E-state index is 13.3. The lowest BCUT2D eigenvalue weighted by Gasteiger charge is -2.28. The van der Waals surface area contributed by atoms with Crippen LogP contribution in [0.15, 0.2) is 43.0 Å². The van der Waals surface area contributed by atoms with Gasteiger partial charge in [-0.25, -0.2) is 15.0 Å². The molecule has 0 bridgehead atoms. The SMILES string of the molecule is CCN1CCC1.COc1cccc(C2CC2C(=O)Nc2cn3cc(-c4c(OC)cnn4C(F)F)ncc3n2)n1. The number of fused-ring (bicyclic) bond motifs is 1. The molecule has 0 aromatic carbocycles. The average Bonchev–Trinajstić information content (AvgIpc) is 3.43. The van der Waals surface area contributed by atoms with Crippen LogP contribution in [0.25, 0.3) is 17.0 Å². The first kappa shape index (κ1) is 26.5. The number of methoxy groups -OCH3 is 2. The van der Waals surface area contributed by atoms with Gasteiger partial charge in [0.2, 0.25) is 11.8 Å². The van der Waals surface area contributed by atoms with E-state index < -0.39 is 6.55 Å². The predicted molar refractivity (Wildman–Crippen MR) is 139 cm³/mol. The number of hydrogen-bond acceptors (Lipinski definition) is 8. The van der Waals surface area contributed by atoms with Crippen LogP contribution in [-0.4, -0.2) is 73.8 Å². The smallest absolute Gasteiger partial charge is 0.333 e. The van der Waals surface area contributed by atoms with E-state index in [0.717, 1.165) is 5.69 Å². The molecule has 4 aromatic rings. The Kier molecular flexibility index (Phi) is 7.68. The number of anilines is 1. The van der Waals surface area contributed by atoms with Gasteiger partial charge in [-0.05, 0) is 38.5 Å². The van der Waals surface area contributed by atoms with Gasteiger partial charge < -0.3 is 24.1 Å². The summed E-state index contributed by atoms with van der Waals surface area (Å²) < 4.78 is 39.1. The second kappa shape index (κ2) is 11.3. The van der Waals surface area contributed by atoms with E-state index >= 15 is 0 Å². The van der Waals surface area contributed by atoms with Gasteiger partial charge in [0.25, 0.3) is 0 Å². The lowest BCUT2D eigenvalue weighted by molar-refractivity contribution is -0.117. The Morgan fingerprint density at radius 1 is 1.15 bits per heavy atom. The third-order valence-corrected chi connectivity index (χ3v) is 6.86. The molecule has 0 radical (unpaired) electrons. The molecule has 1 aliphatic carbocycles. The number of nitrogens with zero attached hydrogens (tertiary/aromatic N) is 7. The normalized spacial score (nSPS) is 18.3. The summed E-state index contributed by atoms with van der Waals surface area (Å²) in [5.74, 6) is 0.644. The number of aromatic nitrogens is 6. The minimum Gasteiger partial charge on any atom is -0.493 e. The van der Waals surface area contributed by atoms with Crippen molar-refractivity contribution in [1.29, 1.82) is 0 Å². The third-order valence-electron chi connectivity index (χ3n) is 6.86. The van der Waals surface area contributed by atoms with Crippen molar-refractivity contribution in [3.63, 3.8) is 0 Å². The van der Waals surface area contributed by atoms with E-state index in [1.165, 1.54) is 51.8 Å². The molecule has 1 amide bonds. The van der Waals surface area contributed by atoms with Crippen molar-refractivity contribution < 1.29 is 23.0 Å². The van der Waals surface area contributed by atoms with Crippen molar-refractivity contribution in [3.05, 3.63) is 48.7 Å². The molecule has 39 heavy (non-hydrogen) atoms. The van der Waals surface area contributed by atoms with Crippen molar-refractivity contribution in [2.45, 2.75) is 32.2 Å². The number of carbonyl (C=O) groups is 1. The molecule has 2 atom stereocenters. The molecule has 1 aliphatic heterocycles. The maximum absolute atomic E-state index is 13.3. The Bertz CT molecular complexity index is 1450. The highest BCUT2D eigenvalue weighted by atomic mass is 19.3. The molecule has 6 rings (SSSR count). The summed E-state index contributed by atoms with van der Waals surface area (Å²) >= 11 is 0. The Morgan fingerprint density at radius 2 is 1.97 bits per heavy atom. The molecule has 13 heteroatoms. The van der Waals surface area contributed by atoms with E-state index in [2.05, 4.69) is 37.2 Å². The standard InChI is InChI=1S/C21H19F2N7O3.C5H11N/c1-32-15-7-25-30(21(22)23)19(15)14-9-29-10-16(27-17(29)8-24-14)28-20(31)12-6-11(12)13-4-3-5-18(26-13)33-2;1-2-6-4-3-5-6/h3-5,7-12,21H,6H2,1-2H3,(H,28,31);2-5H2,1H3. The Morgan fingerprint density at radius 3 is 2.62 bits per heavy atom. The lowest BCUT2D eigenvalue weighted by Crippen LogP contribution is -2.36. The van der Waals surface area contributed by atoms with Crippen molar-refractivity contribution in [2.24, 2.45) is 5.92 Å². The van der Waals surface area contributed by atoms with E-state index in [9.17, 15) is 13.6 Å². The van der Waals surface area contributed by atoms with E-state index in [0.29, 0.717) is 28.4 Å². The minimum atomic E-state index is -2.86. The number of hydrogen-bond donors (Lipinski definition) is 1. The first-order valence-corrected chi connectivity index (χ1v) is 12.7. The number of halogens is 2. The molecule has 11 nitrogen and oxygen atoms in total. The quantitative estimate of drug-likeness (QED) is 0.359. The summed E-state index contributed by atoms with van der Waals surface area (Å²) in [6.45, 7) is 3.29. The van der Waals surface area contributed by atoms with Crippen LogP contribution in [0.3, 0.4) is 0 Å². The Balaban J connectivity index is 0.000000455. The molecule has 206 valence electrons. The largest absolute Gasteiger partial charge is 0.493 e. The van der Waals surface area contributed by atoms with Crippen molar-refractivity contribution in [3.8, 4) is 23.0 Å². The molecule has 2 fully saturated rings. The zero-order valence-electron chi connectivity index (χ0n) is 21.9. The highest BCUT2D eigenvalue weighted by Gasteiger charge is 2.45. The molecule has 0 spiro atoms. The number of nitrogens with one attached hydrogen (secondary N) is 1. The summed E-state index contributed by atoms with van der Waals surface area (Å²) in [5, 5.41) is 6.47. The summed E-state index contributed by atoms with van der Waals surface area (Å²) in [7, 11) is 2.91. The summed E-state index contributed by atoms with van der Waals surface area (Å²) in [6.07, 6.45) is 7.85. The van der Waals surface area contributed by atoms with Gasteiger partial charge in [0, 0.05) is 29.8 Å². The monoisotopic (exact) mass is 540 g/mol. The summed E-state index contributed by atoms with van der Waals surface area (Å²) in [6, 6.07) is 5.47. The van der Waals surface area contributed by atoms with Gasteiger partial charge in [-0.2, -0.15) is 18.6 Å². The van der Waals surface area contributed by atoms with Crippen LogP contribution in [0, 0.1) is 5.92 Å². The molecule has 1 N–H and O–H groups in total. The van der Waals surface area contributed by atoms with Crippen molar-refractivity contribution in [2.75, 3.05) is 39.2 Å². The molecule has 2 aliphatic rings. The number of likely N-dealkylation sites (tertiary alicyclic amines) is 1. The minimum absolute atomic E-state index is 0.0208. The van der Waals surface area contributed by atoms with E-state index in [1.54, 1.807) is 23.8 Å². The van der Waals surface area contributed by atoms with Gasteiger partial charge in [-0.1, -0.05) is 13.0 Å². The number of rotatable bonds is 8. The number of imidazole rings is 1. The Hall–Kier alpha value is -4.13. The second-order valence-electron chi connectivity index (χ2n) is 9.28. The number of carbonyl (C=O) groups excluding carboxylic acids is 1. The van der Waals surface area contributed by atoms with Gasteiger partial charge in [0.05, 0.1) is 32.8 Å². The van der Waals surface area contributed by atoms with Crippen LogP contribution >= 0.6 is 0 Å². The van der Waals surface area contributed by atoms with Crippen molar-refractivity contribution >= 4 is 17.4 Å². The fourth-order valence-electron chi connectivity index (χ4n) is 4.45. The van der Waals surface area contributed by atoms with Gasteiger partial charge in [-0.15, -0.1) is 0 Å². The fraction of sp³-hybridized carbons (Fsp3) is 0.423. The van der Waals surface area contributed by atoms with Crippen LogP contribution in [0.4, 0.5) is 14.6 Å². The van der Waals surface area contributed by atoms with Crippen LogP contribution in [0.1, 0.15) is 37.9 Å². The molecular weight excluding hydrogens is 510 g/mol. The highest BCUT2D eigenvalue weighted by Crippen LogP contribution is 2.47. The zero-order valence-corrected chi connectivity index (χ0v) is 21.9. The van der Waals surface area contributed by atoms with Gasteiger partial charge in [0.1, 0.15) is 11.4 Å². The van der Waals surface area contributed by atoms with Gasteiger partial charge in [0.15, 0.2) is 17.2 Å². The van der Waals surface area contributed by atoms with E-state index in [4.69, 9.17) is 9.47 Å². The number of alkyl halides is 2. The first-order valence-electron chi connectivity index (χ1n) is 12.7. The third kappa shape index (κ3) is 5.67. The first-order chi connectivity index (χ1) is 18.9. The van der Waals surface area contributed by atoms with Gasteiger partial charge in [-0.3, -0.25) is 4.79 Å². The molecule has 2 unspecified atom stereocenters. The average molecular weight is 541 g/mol. The topological polar surface area (TPSA) is 112 Å². The zero-order chi connectivity index (χ0) is 27.5. The van der Waals surface area contributed by atoms with Crippen LogP contribution in [0.5, 0.6) is 11.6 Å². The van der Waals surface area contributed by atoms with E-state index in [-0.39, 0.29) is 34.9 Å². The molecule has 5 heterocycles. The predicted octanol–water partition coefficient (Wildman–Crippen LogP) is 3.85. The molecule has 1 saturated carbocycles. The second-order valence-corrected chi connectivity index (χ2v) is 9.28. The molecular formula is C26H30F2N8O3. The number of ether oxygens (including phenoxy) is 2. The molecule has 4 aromatic heterocycles. The Labute approximate surface area is 223 Å². The van der Waals surface area contributed by atoms with Crippen LogP contribution in [0.2, 0.25) is 0 Å². The van der Waals surface area contributed by atoms with Crippen molar-refractivity contribution in [1.82, 2.24) is 34.0 Å². The number of amides is 1. The van der Waals surface area contributed by atoms with Gasteiger partial charge >= 0.3 is 6.55 Å². The lowest BCUT2D eigenvalue weighted by atomic mass is 10.2. The summed E-state index contributed by atoms with van der Waals surface area (Å²) in [5.41, 5.74) is 1.51. The van der Waals surface area contributed by atoms with Crippen LogP contribution < -0.4 is 14.8 Å². The molecule has 1 saturated heterocycles.